The van der Waals surface area contributed by atoms with Crippen molar-refractivity contribution < 1.29 is 14.2 Å². The van der Waals surface area contributed by atoms with E-state index in [2.05, 4.69) is 34.6 Å². The molecule has 0 N–H and O–H groups in total. The molecule has 3 nitrogen and oxygen atoms in total. The van der Waals surface area contributed by atoms with Gasteiger partial charge in [0.15, 0.2) is 0 Å². The van der Waals surface area contributed by atoms with Crippen molar-refractivity contribution >= 4 is 0 Å². The number of unbranched alkanes of at least 4 members (excludes halogenated alkanes) is 1. The molecule has 21 heavy (non-hydrogen) atoms. The van der Waals surface area contributed by atoms with Crippen LogP contribution in [-0.2, 0) is 14.2 Å². The summed E-state index contributed by atoms with van der Waals surface area (Å²) in [5.41, 5.74) is 0.409. The summed E-state index contributed by atoms with van der Waals surface area (Å²) >= 11 is 0. The second-order valence-corrected chi connectivity index (χ2v) is 7.39. The molecule has 0 radical (unpaired) electrons. The minimum atomic E-state index is 0.409. The lowest BCUT2D eigenvalue weighted by molar-refractivity contribution is 0.0123. The summed E-state index contributed by atoms with van der Waals surface area (Å²) in [4.78, 5) is 0. The van der Waals surface area contributed by atoms with Gasteiger partial charge in [-0.1, -0.05) is 47.5 Å². The summed E-state index contributed by atoms with van der Waals surface area (Å²) in [5, 5.41) is 0. The van der Waals surface area contributed by atoms with Crippen molar-refractivity contribution in [1.82, 2.24) is 0 Å². The highest BCUT2D eigenvalue weighted by Gasteiger charge is 2.08. The first-order valence-corrected chi connectivity index (χ1v) is 8.65. The maximum atomic E-state index is 5.55. The molecule has 0 aromatic carbocycles. The maximum absolute atomic E-state index is 5.55. The molecule has 0 saturated carbocycles. The van der Waals surface area contributed by atoms with Crippen molar-refractivity contribution in [3.63, 3.8) is 0 Å². The van der Waals surface area contributed by atoms with E-state index in [0.29, 0.717) is 31.8 Å². The quantitative estimate of drug-likeness (QED) is 0.436. The molecule has 0 bridgehead atoms. The third-order valence-corrected chi connectivity index (χ3v) is 3.28. The van der Waals surface area contributed by atoms with Gasteiger partial charge in [0.2, 0.25) is 0 Å². The Kier molecular flexibility index (Phi) is 13.5. The van der Waals surface area contributed by atoms with Gasteiger partial charge in [0.05, 0.1) is 26.4 Å². The van der Waals surface area contributed by atoms with Gasteiger partial charge in [-0.25, -0.2) is 0 Å². The molecule has 0 aliphatic rings. The van der Waals surface area contributed by atoms with Crippen LogP contribution in [0.15, 0.2) is 0 Å². The highest BCUT2D eigenvalue weighted by atomic mass is 16.5. The molecule has 3 heteroatoms. The van der Waals surface area contributed by atoms with E-state index in [1.54, 1.807) is 0 Å². The van der Waals surface area contributed by atoms with Crippen molar-refractivity contribution in [3.8, 4) is 0 Å². The van der Waals surface area contributed by atoms with E-state index in [4.69, 9.17) is 14.2 Å². The van der Waals surface area contributed by atoms with Crippen LogP contribution in [0, 0.1) is 11.3 Å². The third-order valence-electron chi connectivity index (χ3n) is 3.28. The fourth-order valence-corrected chi connectivity index (χ4v) is 2.00. The van der Waals surface area contributed by atoms with Crippen LogP contribution < -0.4 is 0 Å². The van der Waals surface area contributed by atoms with Gasteiger partial charge in [-0.2, -0.15) is 0 Å². The van der Waals surface area contributed by atoms with Crippen molar-refractivity contribution in [2.45, 2.75) is 66.7 Å². The van der Waals surface area contributed by atoms with E-state index in [1.807, 2.05) is 0 Å². The molecular weight excluding hydrogens is 264 g/mol. The lowest BCUT2D eigenvalue weighted by atomic mass is 9.91. The van der Waals surface area contributed by atoms with E-state index >= 15 is 0 Å². The molecule has 0 aliphatic heterocycles. The zero-order valence-electron chi connectivity index (χ0n) is 15.1. The Hall–Kier alpha value is -0.120. The van der Waals surface area contributed by atoms with E-state index < -0.39 is 0 Å². The van der Waals surface area contributed by atoms with Crippen molar-refractivity contribution in [2.75, 3.05) is 39.6 Å². The van der Waals surface area contributed by atoms with Crippen LogP contribution in [0.3, 0.4) is 0 Å². The van der Waals surface area contributed by atoms with Crippen LogP contribution in [0.5, 0.6) is 0 Å². The molecular formula is C18H38O3. The van der Waals surface area contributed by atoms with Gasteiger partial charge in [-0.15, -0.1) is 0 Å². The van der Waals surface area contributed by atoms with Crippen LogP contribution in [0.1, 0.15) is 66.7 Å². The van der Waals surface area contributed by atoms with E-state index in [1.165, 1.54) is 19.3 Å². The monoisotopic (exact) mass is 302 g/mol. The molecule has 0 aromatic rings. The van der Waals surface area contributed by atoms with Gasteiger partial charge < -0.3 is 14.2 Å². The van der Waals surface area contributed by atoms with Gasteiger partial charge in [-0.3, -0.25) is 0 Å². The highest BCUT2D eigenvalue weighted by molar-refractivity contribution is 4.60. The van der Waals surface area contributed by atoms with Crippen LogP contribution in [0.25, 0.3) is 0 Å². The Bertz CT molecular complexity index is 209. The molecule has 0 spiro atoms. The number of rotatable bonds is 14. The summed E-state index contributed by atoms with van der Waals surface area (Å²) in [6.45, 7) is 15.8. The summed E-state index contributed by atoms with van der Waals surface area (Å²) in [6, 6.07) is 0. The van der Waals surface area contributed by atoms with E-state index in [9.17, 15) is 0 Å². The van der Waals surface area contributed by atoms with Crippen LogP contribution in [-0.4, -0.2) is 39.6 Å². The second-order valence-electron chi connectivity index (χ2n) is 7.39. The predicted molar refractivity (Wildman–Crippen MR) is 89.8 cm³/mol. The van der Waals surface area contributed by atoms with Crippen LogP contribution >= 0.6 is 0 Å². The topological polar surface area (TPSA) is 27.7 Å². The minimum Gasteiger partial charge on any atom is -0.379 e. The Balaban J connectivity index is 3.03. The number of hydrogen-bond donors (Lipinski definition) is 0. The molecule has 128 valence electrons. The van der Waals surface area contributed by atoms with Crippen molar-refractivity contribution in [1.29, 1.82) is 0 Å². The molecule has 0 atom stereocenters. The zero-order valence-corrected chi connectivity index (χ0v) is 15.1. The molecule has 0 aliphatic carbocycles. The molecule has 0 heterocycles. The summed E-state index contributed by atoms with van der Waals surface area (Å²) < 4.78 is 16.6. The molecule has 0 amide bonds. The van der Waals surface area contributed by atoms with E-state index in [0.717, 1.165) is 32.0 Å². The molecule has 0 unspecified atom stereocenters. The Morgan fingerprint density at radius 3 is 1.62 bits per heavy atom. The summed E-state index contributed by atoms with van der Waals surface area (Å²) in [5.74, 6) is 0.803. The normalized spacial score (nSPS) is 12.3. The molecule has 0 aromatic heterocycles. The van der Waals surface area contributed by atoms with E-state index in [-0.39, 0.29) is 0 Å². The Morgan fingerprint density at radius 2 is 1.14 bits per heavy atom. The van der Waals surface area contributed by atoms with Crippen LogP contribution in [0.4, 0.5) is 0 Å². The average Bonchev–Trinajstić information content (AvgIpc) is 2.37. The van der Waals surface area contributed by atoms with Crippen LogP contribution in [0.2, 0.25) is 0 Å². The lowest BCUT2D eigenvalue weighted by Gasteiger charge is -2.17. The number of hydrogen-bond acceptors (Lipinski definition) is 3. The zero-order chi connectivity index (χ0) is 16.0. The van der Waals surface area contributed by atoms with Gasteiger partial charge >= 0.3 is 0 Å². The Morgan fingerprint density at radius 1 is 0.667 bits per heavy atom. The summed E-state index contributed by atoms with van der Waals surface area (Å²) in [7, 11) is 0. The van der Waals surface area contributed by atoms with Gasteiger partial charge in [-0.05, 0) is 30.6 Å². The Labute approximate surface area is 132 Å². The fourth-order valence-electron chi connectivity index (χ4n) is 2.00. The fraction of sp³-hybridized carbons (Fsp3) is 1.00. The first-order valence-electron chi connectivity index (χ1n) is 8.65. The van der Waals surface area contributed by atoms with Crippen molar-refractivity contribution in [2.24, 2.45) is 11.3 Å². The lowest BCUT2D eigenvalue weighted by Crippen LogP contribution is -2.11. The first-order chi connectivity index (χ1) is 9.92. The first kappa shape index (κ1) is 20.9. The standard InChI is InChI=1S/C18H38O3/c1-17(2)9-6-7-11-19-13-15-21-16-14-20-12-8-10-18(3,4)5/h17H,6-16H2,1-5H3. The molecule has 0 fully saturated rings. The largest absolute Gasteiger partial charge is 0.379 e. The predicted octanol–water partition coefficient (Wildman–Crippen LogP) is 4.69. The SMILES string of the molecule is CC(C)CCCCOCCOCCOCCCC(C)(C)C. The third kappa shape index (κ3) is 19.9. The molecule has 0 rings (SSSR count). The van der Waals surface area contributed by atoms with Gasteiger partial charge in [0.1, 0.15) is 0 Å². The van der Waals surface area contributed by atoms with Crippen molar-refractivity contribution in [3.05, 3.63) is 0 Å². The minimum absolute atomic E-state index is 0.409. The smallest absolute Gasteiger partial charge is 0.0701 e. The van der Waals surface area contributed by atoms with Gasteiger partial charge in [0, 0.05) is 13.2 Å². The van der Waals surface area contributed by atoms with Gasteiger partial charge in [0.25, 0.3) is 0 Å². The summed E-state index contributed by atoms with van der Waals surface area (Å²) in [6.07, 6.45) is 6.06. The maximum Gasteiger partial charge on any atom is 0.0701 e. The highest BCUT2D eigenvalue weighted by Crippen LogP contribution is 2.20. The second kappa shape index (κ2) is 13.5. The number of ether oxygens (including phenoxy) is 3. The average molecular weight is 302 g/mol. The molecule has 0 saturated heterocycles.